The summed E-state index contributed by atoms with van der Waals surface area (Å²) in [5.41, 5.74) is 2.78. The van der Waals surface area contributed by atoms with Gasteiger partial charge in [0, 0.05) is 38.8 Å². The van der Waals surface area contributed by atoms with Crippen molar-refractivity contribution >= 4 is 17.5 Å². The average molecular weight is 362 g/mol. The van der Waals surface area contributed by atoms with Crippen LogP contribution in [0.2, 0.25) is 0 Å². The van der Waals surface area contributed by atoms with E-state index in [1.807, 2.05) is 15.4 Å². The number of rotatable bonds is 3. The molecular formula is C20H22N6O. The highest BCUT2D eigenvalue weighted by atomic mass is 16.2. The lowest BCUT2D eigenvalue weighted by Crippen LogP contribution is -2.49. The van der Waals surface area contributed by atoms with Gasteiger partial charge in [-0.1, -0.05) is 24.3 Å². The Hall–Kier alpha value is -2.96. The Balaban J connectivity index is 1.23. The molecule has 0 radical (unpaired) electrons. The van der Waals surface area contributed by atoms with Crippen LogP contribution in [0.25, 0.3) is 5.78 Å². The lowest BCUT2D eigenvalue weighted by molar-refractivity contribution is -0.131. The predicted octanol–water partition coefficient (Wildman–Crippen LogP) is 1.89. The van der Waals surface area contributed by atoms with Crippen LogP contribution in [-0.2, 0) is 11.2 Å². The highest BCUT2D eigenvalue weighted by Crippen LogP contribution is 2.35. The second-order valence-corrected chi connectivity index (χ2v) is 7.31. The Kier molecular flexibility index (Phi) is 3.99. The number of nitrogens with zero attached hydrogens (tertiary/aromatic N) is 6. The van der Waals surface area contributed by atoms with Crippen LogP contribution in [-0.4, -0.2) is 56.6 Å². The summed E-state index contributed by atoms with van der Waals surface area (Å²) in [5.74, 6) is 2.29. The topological polar surface area (TPSA) is 66.6 Å². The molecule has 1 aromatic carbocycles. The minimum atomic E-state index is 0.278. The molecule has 7 nitrogen and oxygen atoms in total. The van der Waals surface area contributed by atoms with E-state index in [2.05, 4.69) is 44.3 Å². The van der Waals surface area contributed by atoms with Gasteiger partial charge in [-0.3, -0.25) is 9.20 Å². The fourth-order valence-electron chi connectivity index (χ4n) is 4.37. The van der Waals surface area contributed by atoms with Crippen molar-refractivity contribution in [3.8, 4) is 0 Å². The maximum atomic E-state index is 12.9. The first kappa shape index (κ1) is 16.2. The van der Waals surface area contributed by atoms with Crippen molar-refractivity contribution in [3.05, 3.63) is 54.0 Å². The molecule has 0 N–H and O–H groups in total. The second-order valence-electron chi connectivity index (χ2n) is 7.31. The molecule has 3 heterocycles. The van der Waals surface area contributed by atoms with Crippen LogP contribution in [0.1, 0.15) is 29.9 Å². The molecule has 2 aromatic heterocycles. The molecule has 0 unspecified atom stereocenters. The monoisotopic (exact) mass is 362 g/mol. The first-order chi connectivity index (χ1) is 13.3. The molecule has 0 saturated carbocycles. The van der Waals surface area contributed by atoms with Gasteiger partial charge in [0.1, 0.15) is 12.1 Å². The van der Waals surface area contributed by atoms with Gasteiger partial charge in [0.2, 0.25) is 5.91 Å². The van der Waals surface area contributed by atoms with E-state index in [1.54, 1.807) is 12.5 Å². The zero-order valence-corrected chi connectivity index (χ0v) is 15.2. The summed E-state index contributed by atoms with van der Waals surface area (Å²) in [6, 6.07) is 10.5. The first-order valence-corrected chi connectivity index (χ1v) is 9.55. The zero-order valence-electron chi connectivity index (χ0n) is 15.2. The summed E-state index contributed by atoms with van der Waals surface area (Å²) in [6.07, 6.45) is 6.26. The number of carbonyl (C=O) groups excluding carboxylic acids is 1. The van der Waals surface area contributed by atoms with Crippen LogP contribution in [0, 0.1) is 0 Å². The molecule has 0 spiro atoms. The van der Waals surface area contributed by atoms with Gasteiger partial charge in [-0.15, -0.1) is 10.2 Å². The van der Waals surface area contributed by atoms with Gasteiger partial charge in [0.05, 0.1) is 0 Å². The highest BCUT2D eigenvalue weighted by molar-refractivity contribution is 5.77. The Morgan fingerprint density at radius 2 is 1.96 bits per heavy atom. The van der Waals surface area contributed by atoms with E-state index in [0.717, 1.165) is 44.8 Å². The molecule has 0 bridgehead atoms. The number of amides is 1. The van der Waals surface area contributed by atoms with Crippen molar-refractivity contribution in [2.45, 2.75) is 25.2 Å². The molecule has 1 amide bonds. The number of fused-ring (bicyclic) bond motifs is 2. The Morgan fingerprint density at radius 1 is 1.11 bits per heavy atom. The highest BCUT2D eigenvalue weighted by Gasteiger charge is 2.28. The minimum Gasteiger partial charge on any atom is -0.354 e. The molecule has 2 aliphatic rings. The number of benzene rings is 1. The summed E-state index contributed by atoms with van der Waals surface area (Å²) in [7, 11) is 0. The van der Waals surface area contributed by atoms with E-state index in [1.165, 1.54) is 11.1 Å². The number of piperazine rings is 1. The predicted molar refractivity (Wildman–Crippen MR) is 102 cm³/mol. The summed E-state index contributed by atoms with van der Waals surface area (Å²) in [6.45, 7) is 3.12. The molecule has 3 aromatic rings. The zero-order chi connectivity index (χ0) is 18.2. The Morgan fingerprint density at radius 3 is 2.85 bits per heavy atom. The normalized spacial score (nSPS) is 19.5. The third-order valence-corrected chi connectivity index (χ3v) is 5.82. The fourth-order valence-corrected chi connectivity index (χ4v) is 4.37. The Bertz CT molecular complexity index is 975. The molecule has 27 heavy (non-hydrogen) atoms. The van der Waals surface area contributed by atoms with Crippen LogP contribution < -0.4 is 4.90 Å². The summed E-state index contributed by atoms with van der Waals surface area (Å²) < 4.78 is 1.90. The number of anilines is 1. The molecular weight excluding hydrogens is 340 g/mol. The van der Waals surface area contributed by atoms with Gasteiger partial charge < -0.3 is 9.80 Å². The molecule has 1 fully saturated rings. The summed E-state index contributed by atoms with van der Waals surface area (Å²) >= 11 is 0. The van der Waals surface area contributed by atoms with Crippen molar-refractivity contribution in [3.63, 3.8) is 0 Å². The molecule has 1 aliphatic carbocycles. The third-order valence-electron chi connectivity index (χ3n) is 5.82. The van der Waals surface area contributed by atoms with Gasteiger partial charge >= 0.3 is 0 Å². The van der Waals surface area contributed by atoms with Crippen LogP contribution in [0.4, 0.5) is 5.82 Å². The van der Waals surface area contributed by atoms with Crippen molar-refractivity contribution in [1.82, 2.24) is 24.5 Å². The maximum absolute atomic E-state index is 12.9. The maximum Gasteiger partial charge on any atom is 0.256 e. The van der Waals surface area contributed by atoms with Crippen LogP contribution in [0.3, 0.4) is 0 Å². The smallest absolute Gasteiger partial charge is 0.256 e. The van der Waals surface area contributed by atoms with E-state index < -0.39 is 0 Å². The minimum absolute atomic E-state index is 0.278. The largest absolute Gasteiger partial charge is 0.354 e. The number of hydrogen-bond donors (Lipinski definition) is 0. The average Bonchev–Trinajstić information content (AvgIpc) is 3.35. The molecule has 1 aliphatic heterocycles. The van der Waals surface area contributed by atoms with Gasteiger partial charge in [-0.2, -0.15) is 0 Å². The van der Waals surface area contributed by atoms with Crippen molar-refractivity contribution in [2.24, 2.45) is 0 Å². The van der Waals surface area contributed by atoms with E-state index in [9.17, 15) is 4.79 Å². The van der Waals surface area contributed by atoms with E-state index in [-0.39, 0.29) is 5.91 Å². The van der Waals surface area contributed by atoms with E-state index in [4.69, 9.17) is 0 Å². The second kappa shape index (κ2) is 6.64. The summed E-state index contributed by atoms with van der Waals surface area (Å²) in [4.78, 5) is 21.4. The first-order valence-electron chi connectivity index (χ1n) is 9.55. The number of hydrogen-bond acceptors (Lipinski definition) is 5. The molecule has 1 saturated heterocycles. The number of aromatic nitrogens is 4. The lowest BCUT2D eigenvalue weighted by Gasteiger charge is -2.36. The molecule has 5 rings (SSSR count). The van der Waals surface area contributed by atoms with Crippen molar-refractivity contribution in [2.75, 3.05) is 31.1 Å². The molecule has 7 heteroatoms. The van der Waals surface area contributed by atoms with Crippen molar-refractivity contribution < 1.29 is 4.79 Å². The van der Waals surface area contributed by atoms with Crippen LogP contribution in [0.5, 0.6) is 0 Å². The van der Waals surface area contributed by atoms with Crippen LogP contribution >= 0.6 is 0 Å². The molecule has 138 valence electrons. The third kappa shape index (κ3) is 2.93. The number of carbonyl (C=O) groups is 1. The SMILES string of the molecule is O=C(C[C@H]1CCc2ccccc21)N1CCN(c2ccnc3nncn23)CC1. The van der Waals surface area contributed by atoms with E-state index >= 15 is 0 Å². The van der Waals surface area contributed by atoms with Gasteiger partial charge in [0.15, 0.2) is 0 Å². The van der Waals surface area contributed by atoms with Crippen molar-refractivity contribution in [1.29, 1.82) is 0 Å². The molecule has 1 atom stereocenters. The summed E-state index contributed by atoms with van der Waals surface area (Å²) in [5, 5.41) is 7.94. The fraction of sp³-hybridized carbons (Fsp3) is 0.400. The quantitative estimate of drug-likeness (QED) is 0.712. The standard InChI is InChI=1S/C20H22N6O/c27-19(13-16-6-5-15-3-1-2-4-17(15)16)25-11-9-24(10-12-25)18-7-8-21-20-23-22-14-26(18)20/h1-4,7-8,14,16H,5-6,9-13H2/t16-/m1/s1. The van der Waals surface area contributed by atoms with Gasteiger partial charge in [0.25, 0.3) is 5.78 Å². The Labute approximate surface area is 157 Å². The van der Waals surface area contributed by atoms with Gasteiger partial charge in [-0.25, -0.2) is 4.98 Å². The van der Waals surface area contributed by atoms with Gasteiger partial charge in [-0.05, 0) is 36.0 Å². The number of aryl methyl sites for hydroxylation is 1. The lowest BCUT2D eigenvalue weighted by atomic mass is 9.97. The van der Waals surface area contributed by atoms with E-state index in [0.29, 0.717) is 18.1 Å². The van der Waals surface area contributed by atoms with Crippen LogP contribution in [0.15, 0.2) is 42.9 Å².